The number of nitrogens with one attached hydrogen (secondary N) is 1. The molecule has 1 fully saturated rings. The number of likely N-dealkylation sites (N-methyl/N-ethyl adjacent to an activating group) is 1. The molecule has 1 saturated heterocycles. The average molecular weight is 333 g/mol. The van der Waals surface area contributed by atoms with Gasteiger partial charge in [-0.1, -0.05) is 6.07 Å². The highest BCUT2D eigenvalue weighted by atomic mass is 32.2. The van der Waals surface area contributed by atoms with Gasteiger partial charge in [-0.15, -0.1) is 0 Å². The smallest absolute Gasteiger partial charge is 0.218 e. The van der Waals surface area contributed by atoms with Gasteiger partial charge in [-0.25, -0.2) is 12.7 Å². The van der Waals surface area contributed by atoms with Crippen molar-refractivity contribution in [2.24, 2.45) is 0 Å². The molecule has 0 aliphatic carbocycles. The van der Waals surface area contributed by atoms with Crippen LogP contribution in [0.1, 0.15) is 29.7 Å². The molecule has 5 nitrogen and oxygen atoms in total. The molecule has 2 aliphatic rings. The molecule has 23 heavy (non-hydrogen) atoms. The predicted octanol–water partition coefficient (Wildman–Crippen LogP) is 2.08. The molecule has 0 unspecified atom stereocenters. The van der Waals surface area contributed by atoms with Crippen LogP contribution in [0.3, 0.4) is 0 Å². The summed E-state index contributed by atoms with van der Waals surface area (Å²) in [6.07, 6.45) is 2.99. The Balaban J connectivity index is 1.66. The number of aromatic amines is 1. The van der Waals surface area contributed by atoms with Crippen molar-refractivity contribution < 1.29 is 8.42 Å². The fourth-order valence-corrected chi connectivity index (χ4v) is 5.38. The highest BCUT2D eigenvalue weighted by molar-refractivity contribution is 7.88. The van der Waals surface area contributed by atoms with Gasteiger partial charge in [-0.2, -0.15) is 0 Å². The van der Waals surface area contributed by atoms with Gasteiger partial charge in [0, 0.05) is 42.8 Å². The van der Waals surface area contributed by atoms with E-state index < -0.39 is 10.0 Å². The summed E-state index contributed by atoms with van der Waals surface area (Å²) in [4.78, 5) is 5.79. The van der Waals surface area contributed by atoms with Crippen LogP contribution in [-0.4, -0.2) is 49.3 Å². The van der Waals surface area contributed by atoms with Crippen molar-refractivity contribution in [2.75, 3.05) is 26.7 Å². The number of nitrogens with zero attached hydrogens (tertiary/aromatic N) is 2. The van der Waals surface area contributed by atoms with Gasteiger partial charge in [0.05, 0.1) is 5.75 Å². The van der Waals surface area contributed by atoms with Crippen molar-refractivity contribution >= 4 is 20.9 Å². The second-order valence-corrected chi connectivity index (χ2v) is 8.78. The molecule has 0 amide bonds. The SMILES string of the molecule is CN1CCc2c([nH]c3ccc(CS(=O)(=O)N4CCCC4)cc23)C1. The fourth-order valence-electron chi connectivity index (χ4n) is 3.78. The van der Waals surface area contributed by atoms with E-state index >= 15 is 0 Å². The highest BCUT2D eigenvalue weighted by Crippen LogP contribution is 2.29. The van der Waals surface area contributed by atoms with Crippen molar-refractivity contribution in [1.82, 2.24) is 14.2 Å². The summed E-state index contributed by atoms with van der Waals surface area (Å²) in [5.41, 5.74) is 4.64. The van der Waals surface area contributed by atoms with E-state index in [0.717, 1.165) is 43.4 Å². The van der Waals surface area contributed by atoms with Gasteiger partial charge in [0.1, 0.15) is 0 Å². The third-order valence-corrected chi connectivity index (χ3v) is 6.89. The molecule has 0 saturated carbocycles. The first-order chi connectivity index (χ1) is 11.0. The maximum absolute atomic E-state index is 12.5. The molecule has 6 heteroatoms. The van der Waals surface area contributed by atoms with E-state index in [9.17, 15) is 8.42 Å². The summed E-state index contributed by atoms with van der Waals surface area (Å²) in [7, 11) is -1.05. The standard InChI is InChI=1S/C17H23N3O2S/c1-19-9-6-14-15-10-13(4-5-16(15)18-17(14)11-19)12-23(21,22)20-7-2-3-8-20/h4-5,10,18H,2-3,6-9,11-12H2,1H3. The van der Waals surface area contributed by atoms with Crippen molar-refractivity contribution in [3.8, 4) is 0 Å². The molecule has 1 aromatic carbocycles. The second kappa shape index (κ2) is 5.61. The van der Waals surface area contributed by atoms with E-state index in [4.69, 9.17) is 0 Å². The number of aromatic nitrogens is 1. The Kier molecular flexibility index (Phi) is 3.70. The molecule has 1 N–H and O–H groups in total. The van der Waals surface area contributed by atoms with E-state index in [-0.39, 0.29) is 5.75 Å². The zero-order valence-electron chi connectivity index (χ0n) is 13.5. The van der Waals surface area contributed by atoms with Crippen molar-refractivity contribution in [3.63, 3.8) is 0 Å². The lowest BCUT2D eigenvalue weighted by Gasteiger charge is -2.22. The Bertz CT molecular complexity index is 835. The minimum Gasteiger partial charge on any atom is -0.357 e. The van der Waals surface area contributed by atoms with Crippen molar-refractivity contribution in [3.05, 3.63) is 35.0 Å². The van der Waals surface area contributed by atoms with Gasteiger partial charge in [0.15, 0.2) is 0 Å². The van der Waals surface area contributed by atoms with E-state index in [2.05, 4.69) is 23.0 Å². The minimum atomic E-state index is -3.18. The van der Waals surface area contributed by atoms with Crippen LogP contribution in [0.5, 0.6) is 0 Å². The topological polar surface area (TPSA) is 56.4 Å². The lowest BCUT2D eigenvalue weighted by molar-refractivity contribution is 0.310. The van der Waals surface area contributed by atoms with Crippen LogP contribution in [0.25, 0.3) is 10.9 Å². The molecule has 0 bridgehead atoms. The van der Waals surface area contributed by atoms with Crippen molar-refractivity contribution in [2.45, 2.75) is 31.6 Å². The van der Waals surface area contributed by atoms with Crippen LogP contribution in [0, 0.1) is 0 Å². The number of benzene rings is 1. The van der Waals surface area contributed by atoms with E-state index in [1.54, 1.807) is 4.31 Å². The number of H-pyrrole nitrogens is 1. The Morgan fingerprint density at radius 2 is 1.96 bits per heavy atom. The first-order valence-corrected chi connectivity index (χ1v) is 9.92. The monoisotopic (exact) mass is 333 g/mol. The van der Waals surface area contributed by atoms with E-state index in [1.165, 1.54) is 16.6 Å². The molecule has 0 radical (unpaired) electrons. The quantitative estimate of drug-likeness (QED) is 0.936. The molecule has 0 spiro atoms. The minimum absolute atomic E-state index is 0.114. The number of hydrogen-bond acceptors (Lipinski definition) is 3. The Labute approximate surface area is 137 Å². The highest BCUT2D eigenvalue weighted by Gasteiger charge is 2.26. The van der Waals surface area contributed by atoms with Crippen LogP contribution in [0.15, 0.2) is 18.2 Å². The Hall–Kier alpha value is -1.37. The molecule has 1 aromatic heterocycles. The van der Waals surface area contributed by atoms with E-state index in [1.807, 2.05) is 12.1 Å². The Morgan fingerprint density at radius 3 is 2.74 bits per heavy atom. The summed E-state index contributed by atoms with van der Waals surface area (Å²) in [5.74, 6) is 0.114. The zero-order valence-corrected chi connectivity index (χ0v) is 14.3. The molecule has 0 atom stereocenters. The van der Waals surface area contributed by atoms with Crippen LogP contribution >= 0.6 is 0 Å². The molecule has 2 aromatic rings. The third-order valence-electron chi connectivity index (χ3n) is 5.04. The molecule has 3 heterocycles. The second-order valence-electron chi connectivity index (χ2n) is 6.81. The number of hydrogen-bond donors (Lipinski definition) is 1. The fraction of sp³-hybridized carbons (Fsp3) is 0.529. The summed E-state index contributed by atoms with van der Waals surface area (Å²) in [6, 6.07) is 6.05. The largest absolute Gasteiger partial charge is 0.357 e. The summed E-state index contributed by atoms with van der Waals surface area (Å²) in [5, 5.41) is 1.20. The van der Waals surface area contributed by atoms with Crippen LogP contribution in [0.4, 0.5) is 0 Å². The van der Waals surface area contributed by atoms with Crippen LogP contribution in [-0.2, 0) is 28.7 Å². The third kappa shape index (κ3) is 2.79. The summed E-state index contributed by atoms with van der Waals surface area (Å²) < 4.78 is 26.7. The first kappa shape index (κ1) is 15.2. The van der Waals surface area contributed by atoms with Crippen molar-refractivity contribution in [1.29, 1.82) is 0 Å². The Morgan fingerprint density at radius 1 is 1.17 bits per heavy atom. The zero-order chi connectivity index (χ0) is 16.0. The summed E-state index contributed by atoms with van der Waals surface area (Å²) in [6.45, 7) is 3.34. The van der Waals surface area contributed by atoms with Gasteiger partial charge < -0.3 is 9.88 Å². The lowest BCUT2D eigenvalue weighted by atomic mass is 10.0. The maximum Gasteiger partial charge on any atom is 0.218 e. The summed E-state index contributed by atoms with van der Waals surface area (Å²) >= 11 is 0. The number of sulfonamides is 1. The molecule has 4 rings (SSSR count). The average Bonchev–Trinajstić information content (AvgIpc) is 3.13. The van der Waals surface area contributed by atoms with Gasteiger partial charge >= 0.3 is 0 Å². The van der Waals surface area contributed by atoms with Crippen LogP contribution < -0.4 is 0 Å². The van der Waals surface area contributed by atoms with E-state index in [0.29, 0.717) is 13.1 Å². The molecule has 124 valence electrons. The molecule has 2 aliphatic heterocycles. The lowest BCUT2D eigenvalue weighted by Crippen LogP contribution is -2.29. The van der Waals surface area contributed by atoms with Gasteiger partial charge in [0.25, 0.3) is 0 Å². The van der Waals surface area contributed by atoms with Gasteiger partial charge in [0.2, 0.25) is 10.0 Å². The molecular formula is C17H23N3O2S. The number of fused-ring (bicyclic) bond motifs is 3. The normalized spacial score (nSPS) is 20.2. The first-order valence-electron chi connectivity index (χ1n) is 8.32. The van der Waals surface area contributed by atoms with Gasteiger partial charge in [-0.3, -0.25) is 0 Å². The van der Waals surface area contributed by atoms with Gasteiger partial charge in [-0.05, 0) is 49.6 Å². The predicted molar refractivity (Wildman–Crippen MR) is 91.8 cm³/mol. The maximum atomic E-state index is 12.5. The number of rotatable bonds is 3. The molecular weight excluding hydrogens is 310 g/mol. The van der Waals surface area contributed by atoms with Crippen LogP contribution in [0.2, 0.25) is 0 Å².